The van der Waals surface area contributed by atoms with Crippen LogP contribution in [0.25, 0.3) is 0 Å². The zero-order chi connectivity index (χ0) is 19.1. The zero-order valence-corrected chi connectivity index (χ0v) is 16.5. The summed E-state index contributed by atoms with van der Waals surface area (Å²) in [6.07, 6.45) is 3.99. The molecule has 0 radical (unpaired) electrons. The van der Waals surface area contributed by atoms with E-state index in [0.717, 1.165) is 23.4 Å². The van der Waals surface area contributed by atoms with Gasteiger partial charge in [0.15, 0.2) is 6.61 Å². The first-order chi connectivity index (χ1) is 13.1. The van der Waals surface area contributed by atoms with Gasteiger partial charge in [-0.3, -0.25) is 9.69 Å². The number of piperidine rings is 1. The van der Waals surface area contributed by atoms with Crippen LogP contribution >= 0.6 is 0 Å². The average Bonchev–Trinajstić information content (AvgIpc) is 2.69. The van der Waals surface area contributed by atoms with Crippen molar-refractivity contribution in [3.8, 4) is 5.75 Å². The molecule has 0 spiro atoms. The lowest BCUT2D eigenvalue weighted by Crippen LogP contribution is -2.29. The first kappa shape index (κ1) is 19.4. The van der Waals surface area contributed by atoms with Crippen molar-refractivity contribution in [2.24, 2.45) is 0 Å². The molecule has 0 atom stereocenters. The number of amides is 1. The third kappa shape index (κ3) is 6.10. The Bertz CT molecular complexity index is 749. The minimum atomic E-state index is -0.106. The highest BCUT2D eigenvalue weighted by Gasteiger charge is 2.10. The number of rotatable bonds is 7. The Balaban J connectivity index is 1.41. The monoisotopic (exact) mass is 366 g/mol. The maximum absolute atomic E-state index is 12.0. The smallest absolute Gasteiger partial charge is 0.258 e. The molecule has 144 valence electrons. The van der Waals surface area contributed by atoms with E-state index < -0.39 is 0 Å². The predicted molar refractivity (Wildman–Crippen MR) is 109 cm³/mol. The fraction of sp³-hybridized carbons (Fsp3) is 0.435. The normalized spacial score (nSPS) is 14.7. The molecule has 1 aliphatic rings. The van der Waals surface area contributed by atoms with Gasteiger partial charge in [0.05, 0.1) is 0 Å². The van der Waals surface area contributed by atoms with E-state index in [-0.39, 0.29) is 12.5 Å². The fourth-order valence-electron chi connectivity index (χ4n) is 3.34. The fourth-order valence-corrected chi connectivity index (χ4v) is 3.34. The van der Waals surface area contributed by atoms with E-state index in [1.807, 2.05) is 25.1 Å². The summed E-state index contributed by atoms with van der Waals surface area (Å²) >= 11 is 0. The number of ether oxygens (including phenoxy) is 1. The summed E-state index contributed by atoms with van der Waals surface area (Å²) in [6, 6.07) is 14.4. The minimum absolute atomic E-state index is 0.0372. The van der Waals surface area contributed by atoms with Gasteiger partial charge < -0.3 is 10.1 Å². The Morgan fingerprint density at radius 1 is 0.963 bits per heavy atom. The highest BCUT2D eigenvalue weighted by atomic mass is 16.5. The average molecular weight is 367 g/mol. The van der Waals surface area contributed by atoms with Crippen molar-refractivity contribution in [2.75, 3.05) is 19.7 Å². The SMILES string of the molecule is Cc1ccc(OCC(=O)NCc2ccc(CN3CCCCC3)cc2)cc1C. The third-order valence-electron chi connectivity index (χ3n) is 5.22. The molecule has 0 unspecified atom stereocenters. The van der Waals surface area contributed by atoms with Gasteiger partial charge in [-0.2, -0.15) is 0 Å². The van der Waals surface area contributed by atoms with E-state index in [2.05, 4.69) is 41.4 Å². The summed E-state index contributed by atoms with van der Waals surface area (Å²) in [4.78, 5) is 14.5. The number of likely N-dealkylation sites (tertiary alicyclic amines) is 1. The number of carbonyl (C=O) groups excluding carboxylic acids is 1. The molecule has 3 rings (SSSR count). The molecule has 27 heavy (non-hydrogen) atoms. The van der Waals surface area contributed by atoms with Gasteiger partial charge in [0.2, 0.25) is 0 Å². The van der Waals surface area contributed by atoms with Gasteiger partial charge in [-0.05, 0) is 74.2 Å². The lowest BCUT2D eigenvalue weighted by atomic mass is 10.1. The van der Waals surface area contributed by atoms with Crippen LogP contribution in [-0.4, -0.2) is 30.5 Å². The standard InChI is InChI=1S/C23H30N2O2/c1-18-6-11-22(14-19(18)2)27-17-23(26)24-15-20-7-9-21(10-8-20)16-25-12-4-3-5-13-25/h6-11,14H,3-5,12-13,15-17H2,1-2H3,(H,24,26). The van der Waals surface area contributed by atoms with Crippen molar-refractivity contribution in [3.05, 3.63) is 64.7 Å². The maximum atomic E-state index is 12.0. The van der Waals surface area contributed by atoms with Crippen LogP contribution in [-0.2, 0) is 17.9 Å². The second-order valence-electron chi connectivity index (χ2n) is 7.46. The molecule has 2 aromatic rings. The van der Waals surface area contributed by atoms with E-state index in [0.29, 0.717) is 6.54 Å². The van der Waals surface area contributed by atoms with E-state index in [4.69, 9.17) is 4.74 Å². The second-order valence-corrected chi connectivity index (χ2v) is 7.46. The molecule has 1 amide bonds. The van der Waals surface area contributed by atoms with Gasteiger partial charge in [-0.25, -0.2) is 0 Å². The topological polar surface area (TPSA) is 41.6 Å². The molecule has 1 saturated heterocycles. The van der Waals surface area contributed by atoms with Crippen LogP contribution in [0.5, 0.6) is 5.75 Å². The molecule has 0 saturated carbocycles. The van der Waals surface area contributed by atoms with E-state index in [1.165, 1.54) is 43.5 Å². The van der Waals surface area contributed by atoms with Gasteiger partial charge in [0.25, 0.3) is 5.91 Å². The number of hydrogen-bond acceptors (Lipinski definition) is 3. The van der Waals surface area contributed by atoms with E-state index in [1.54, 1.807) is 0 Å². The molecule has 1 fully saturated rings. The Labute approximate surface area is 162 Å². The summed E-state index contributed by atoms with van der Waals surface area (Å²) in [5, 5.41) is 2.92. The highest BCUT2D eigenvalue weighted by Crippen LogP contribution is 2.16. The number of hydrogen-bond donors (Lipinski definition) is 1. The van der Waals surface area contributed by atoms with Gasteiger partial charge in [-0.1, -0.05) is 36.8 Å². The molecule has 1 aliphatic heterocycles. The molecule has 4 nitrogen and oxygen atoms in total. The molecule has 2 aromatic carbocycles. The number of nitrogens with zero attached hydrogens (tertiary/aromatic N) is 1. The molecule has 4 heteroatoms. The Hall–Kier alpha value is -2.33. The number of nitrogens with one attached hydrogen (secondary N) is 1. The largest absolute Gasteiger partial charge is 0.484 e. The van der Waals surface area contributed by atoms with Gasteiger partial charge in [0, 0.05) is 13.1 Å². The number of aryl methyl sites for hydroxylation is 2. The third-order valence-corrected chi connectivity index (χ3v) is 5.22. The lowest BCUT2D eigenvalue weighted by molar-refractivity contribution is -0.123. The molecule has 1 N–H and O–H groups in total. The Morgan fingerprint density at radius 2 is 1.67 bits per heavy atom. The van der Waals surface area contributed by atoms with Gasteiger partial charge in [-0.15, -0.1) is 0 Å². The minimum Gasteiger partial charge on any atom is -0.484 e. The van der Waals surface area contributed by atoms with Crippen molar-refractivity contribution in [1.29, 1.82) is 0 Å². The summed E-state index contributed by atoms with van der Waals surface area (Å²) in [7, 11) is 0. The molecule has 1 heterocycles. The van der Waals surface area contributed by atoms with Gasteiger partial charge >= 0.3 is 0 Å². The summed E-state index contributed by atoms with van der Waals surface area (Å²) < 4.78 is 5.58. The van der Waals surface area contributed by atoms with Crippen LogP contribution in [0.1, 0.15) is 41.5 Å². The van der Waals surface area contributed by atoms with Crippen molar-refractivity contribution in [2.45, 2.75) is 46.2 Å². The van der Waals surface area contributed by atoms with Crippen molar-refractivity contribution in [3.63, 3.8) is 0 Å². The van der Waals surface area contributed by atoms with Crippen LogP contribution in [0.2, 0.25) is 0 Å². The highest BCUT2D eigenvalue weighted by molar-refractivity contribution is 5.77. The van der Waals surface area contributed by atoms with Crippen LogP contribution in [0.15, 0.2) is 42.5 Å². The summed E-state index contributed by atoms with van der Waals surface area (Å²) in [5.74, 6) is 0.626. The van der Waals surface area contributed by atoms with E-state index >= 15 is 0 Å². The van der Waals surface area contributed by atoms with Gasteiger partial charge in [0.1, 0.15) is 5.75 Å². The quantitative estimate of drug-likeness (QED) is 0.806. The second kappa shape index (κ2) is 9.56. The number of benzene rings is 2. The molecule has 0 bridgehead atoms. The lowest BCUT2D eigenvalue weighted by Gasteiger charge is -2.26. The Morgan fingerprint density at radius 3 is 2.37 bits per heavy atom. The van der Waals surface area contributed by atoms with Crippen molar-refractivity contribution >= 4 is 5.91 Å². The van der Waals surface area contributed by atoms with Crippen LogP contribution in [0.4, 0.5) is 0 Å². The number of carbonyl (C=O) groups is 1. The van der Waals surface area contributed by atoms with E-state index in [9.17, 15) is 4.79 Å². The molecular formula is C23H30N2O2. The summed E-state index contributed by atoms with van der Waals surface area (Å²) in [6.45, 7) is 8.10. The first-order valence-electron chi connectivity index (χ1n) is 9.87. The molecule has 0 aliphatic carbocycles. The van der Waals surface area contributed by atoms with Crippen molar-refractivity contribution < 1.29 is 9.53 Å². The van der Waals surface area contributed by atoms with Crippen molar-refractivity contribution in [1.82, 2.24) is 10.2 Å². The molecular weight excluding hydrogens is 336 g/mol. The predicted octanol–water partition coefficient (Wildman–Crippen LogP) is 3.98. The maximum Gasteiger partial charge on any atom is 0.258 e. The van der Waals surface area contributed by atoms with Crippen LogP contribution in [0.3, 0.4) is 0 Å². The summed E-state index contributed by atoms with van der Waals surface area (Å²) in [5.41, 5.74) is 4.83. The van der Waals surface area contributed by atoms with Crippen LogP contribution < -0.4 is 10.1 Å². The molecule has 0 aromatic heterocycles. The first-order valence-corrected chi connectivity index (χ1v) is 9.87. The zero-order valence-electron chi connectivity index (χ0n) is 16.5. The Kier molecular flexibility index (Phi) is 6.88. The van der Waals surface area contributed by atoms with Crippen LogP contribution in [0, 0.1) is 13.8 Å².